The zero-order chi connectivity index (χ0) is 16.9. The van der Waals surface area contributed by atoms with E-state index < -0.39 is 5.79 Å². The number of aromatic hydroxyl groups is 2. The SMILES string of the molecule is CC(C=O)Cc1c(O)cc2c(c1O)C1CCCC3(OCCCC13)O2. The molecule has 4 unspecified atom stereocenters. The summed E-state index contributed by atoms with van der Waals surface area (Å²) in [5.41, 5.74) is 1.25. The summed E-state index contributed by atoms with van der Waals surface area (Å²) in [6, 6.07) is 1.59. The number of phenols is 2. The number of aldehydes is 1. The Morgan fingerprint density at radius 2 is 2.21 bits per heavy atom. The highest BCUT2D eigenvalue weighted by molar-refractivity contribution is 5.61. The number of carbonyl (C=O) groups is 1. The second-order valence-corrected chi connectivity index (χ2v) is 7.46. The van der Waals surface area contributed by atoms with Gasteiger partial charge in [0, 0.05) is 41.4 Å². The quantitative estimate of drug-likeness (QED) is 0.831. The predicted octanol–water partition coefficient (Wildman–Crippen LogP) is 3.26. The maximum Gasteiger partial charge on any atom is 0.213 e. The Hall–Kier alpha value is -1.75. The van der Waals surface area contributed by atoms with Crippen molar-refractivity contribution in [1.29, 1.82) is 0 Å². The Balaban J connectivity index is 1.82. The average Bonchev–Trinajstić information content (AvgIpc) is 2.57. The number of phenolic OH excluding ortho intramolecular Hbond substituents is 2. The molecular weight excluding hydrogens is 308 g/mol. The number of ether oxygens (including phenoxy) is 2. The molecule has 4 atom stereocenters. The second kappa shape index (κ2) is 5.66. The van der Waals surface area contributed by atoms with Crippen molar-refractivity contribution in [1.82, 2.24) is 0 Å². The molecule has 2 fully saturated rings. The standard InChI is InChI=1S/C19H24O5/c1-11(10-20)8-13-15(21)9-16-17(18(13)22)12-4-2-6-19(24-16)14(12)5-3-7-23-19/h9-12,14,21-22H,2-8H2,1H3. The summed E-state index contributed by atoms with van der Waals surface area (Å²) in [7, 11) is 0. The highest BCUT2D eigenvalue weighted by atomic mass is 16.7. The van der Waals surface area contributed by atoms with Gasteiger partial charge < -0.3 is 24.5 Å². The predicted molar refractivity (Wildman–Crippen MR) is 87.3 cm³/mol. The molecule has 24 heavy (non-hydrogen) atoms. The van der Waals surface area contributed by atoms with Gasteiger partial charge in [-0.15, -0.1) is 0 Å². The first-order valence-corrected chi connectivity index (χ1v) is 8.91. The van der Waals surface area contributed by atoms with Crippen LogP contribution in [0.15, 0.2) is 6.07 Å². The summed E-state index contributed by atoms with van der Waals surface area (Å²) < 4.78 is 12.3. The van der Waals surface area contributed by atoms with Gasteiger partial charge in [0.25, 0.3) is 0 Å². The number of fused-ring (bicyclic) bond motifs is 2. The van der Waals surface area contributed by atoms with Crippen LogP contribution in [-0.2, 0) is 16.0 Å². The Kier molecular flexibility index (Phi) is 3.71. The fourth-order valence-electron chi connectivity index (χ4n) is 4.80. The van der Waals surface area contributed by atoms with Gasteiger partial charge in [-0.05, 0) is 32.1 Å². The van der Waals surface area contributed by atoms with Crippen molar-refractivity contribution in [2.45, 2.75) is 57.2 Å². The Morgan fingerprint density at radius 1 is 1.38 bits per heavy atom. The molecule has 2 aliphatic heterocycles. The van der Waals surface area contributed by atoms with E-state index in [2.05, 4.69) is 0 Å². The lowest BCUT2D eigenvalue weighted by atomic mass is 9.66. The first-order chi connectivity index (χ1) is 11.6. The number of rotatable bonds is 3. The third-order valence-corrected chi connectivity index (χ3v) is 5.89. The van der Waals surface area contributed by atoms with Crippen molar-refractivity contribution >= 4 is 6.29 Å². The Morgan fingerprint density at radius 3 is 3.00 bits per heavy atom. The van der Waals surface area contributed by atoms with Crippen LogP contribution in [0.4, 0.5) is 0 Å². The molecule has 0 aromatic heterocycles. The van der Waals surface area contributed by atoms with Crippen LogP contribution in [0.1, 0.15) is 56.1 Å². The maximum atomic E-state index is 11.0. The fraction of sp³-hybridized carbons (Fsp3) is 0.632. The summed E-state index contributed by atoms with van der Waals surface area (Å²) in [5, 5.41) is 21.2. The molecular formula is C19H24O5. The van der Waals surface area contributed by atoms with Gasteiger partial charge in [0.15, 0.2) is 0 Å². The van der Waals surface area contributed by atoms with E-state index in [9.17, 15) is 15.0 Å². The van der Waals surface area contributed by atoms with Gasteiger partial charge in [0.05, 0.1) is 6.61 Å². The van der Waals surface area contributed by atoms with Gasteiger partial charge in [-0.3, -0.25) is 0 Å². The van der Waals surface area contributed by atoms with E-state index >= 15 is 0 Å². The Labute approximate surface area is 141 Å². The highest BCUT2D eigenvalue weighted by Gasteiger charge is 2.55. The molecule has 0 radical (unpaired) electrons. The zero-order valence-corrected chi connectivity index (χ0v) is 14.0. The largest absolute Gasteiger partial charge is 0.507 e. The molecule has 1 aliphatic carbocycles. The molecule has 1 aromatic carbocycles. The van der Waals surface area contributed by atoms with Gasteiger partial charge in [0.2, 0.25) is 5.79 Å². The van der Waals surface area contributed by atoms with Crippen molar-refractivity contribution in [2.75, 3.05) is 6.61 Å². The molecule has 1 saturated carbocycles. The Bertz CT molecular complexity index is 666. The highest BCUT2D eigenvalue weighted by Crippen LogP contribution is 2.59. The molecule has 2 heterocycles. The molecule has 0 amide bonds. The van der Waals surface area contributed by atoms with Gasteiger partial charge in [0.1, 0.15) is 23.5 Å². The lowest BCUT2D eigenvalue weighted by Gasteiger charge is -2.53. The summed E-state index contributed by atoms with van der Waals surface area (Å²) in [4.78, 5) is 11.0. The van der Waals surface area contributed by atoms with Crippen molar-refractivity contribution in [3.05, 3.63) is 17.2 Å². The van der Waals surface area contributed by atoms with Crippen LogP contribution in [0.5, 0.6) is 17.2 Å². The van der Waals surface area contributed by atoms with E-state index in [0.717, 1.165) is 44.0 Å². The number of hydrogen-bond acceptors (Lipinski definition) is 5. The lowest BCUT2D eigenvalue weighted by Crippen LogP contribution is -2.56. The topological polar surface area (TPSA) is 76.0 Å². The minimum absolute atomic E-state index is 0.0105. The van der Waals surface area contributed by atoms with Crippen LogP contribution in [0.25, 0.3) is 0 Å². The van der Waals surface area contributed by atoms with Crippen LogP contribution in [-0.4, -0.2) is 28.9 Å². The normalized spacial score (nSPS) is 32.2. The summed E-state index contributed by atoms with van der Waals surface area (Å²) in [6.45, 7) is 2.48. The maximum absolute atomic E-state index is 11.0. The van der Waals surface area contributed by atoms with E-state index in [1.165, 1.54) is 0 Å². The third-order valence-electron chi connectivity index (χ3n) is 5.89. The van der Waals surface area contributed by atoms with Gasteiger partial charge in [-0.25, -0.2) is 0 Å². The third kappa shape index (κ3) is 2.21. The molecule has 1 aromatic rings. The average molecular weight is 332 g/mol. The molecule has 130 valence electrons. The minimum atomic E-state index is -0.593. The van der Waals surface area contributed by atoms with Crippen LogP contribution >= 0.6 is 0 Å². The van der Waals surface area contributed by atoms with E-state index in [1.54, 1.807) is 13.0 Å². The molecule has 5 nitrogen and oxygen atoms in total. The number of hydrogen-bond donors (Lipinski definition) is 2. The molecule has 2 N–H and O–H groups in total. The van der Waals surface area contributed by atoms with Gasteiger partial charge >= 0.3 is 0 Å². The van der Waals surface area contributed by atoms with Crippen LogP contribution in [0, 0.1) is 11.8 Å². The van der Waals surface area contributed by atoms with E-state index in [1.807, 2.05) is 0 Å². The first kappa shape index (κ1) is 15.8. The lowest BCUT2D eigenvalue weighted by molar-refractivity contribution is -0.266. The smallest absolute Gasteiger partial charge is 0.213 e. The van der Waals surface area contributed by atoms with E-state index in [4.69, 9.17) is 9.47 Å². The van der Waals surface area contributed by atoms with Gasteiger partial charge in [-0.1, -0.05) is 6.92 Å². The fourth-order valence-corrected chi connectivity index (χ4v) is 4.80. The monoisotopic (exact) mass is 332 g/mol. The summed E-state index contributed by atoms with van der Waals surface area (Å²) in [6.07, 6.45) is 6.07. The van der Waals surface area contributed by atoms with Crippen molar-refractivity contribution in [3.63, 3.8) is 0 Å². The molecule has 0 spiro atoms. The molecule has 5 heteroatoms. The van der Waals surface area contributed by atoms with Crippen LogP contribution in [0.3, 0.4) is 0 Å². The minimum Gasteiger partial charge on any atom is -0.507 e. The molecule has 4 rings (SSSR count). The molecule has 2 bridgehead atoms. The van der Waals surface area contributed by atoms with E-state index in [0.29, 0.717) is 24.3 Å². The molecule has 1 saturated heterocycles. The van der Waals surface area contributed by atoms with Crippen LogP contribution in [0.2, 0.25) is 0 Å². The zero-order valence-electron chi connectivity index (χ0n) is 14.0. The molecule has 3 aliphatic rings. The van der Waals surface area contributed by atoms with Crippen LogP contribution < -0.4 is 4.74 Å². The number of carbonyl (C=O) groups excluding carboxylic acids is 1. The number of benzene rings is 1. The van der Waals surface area contributed by atoms with Crippen molar-refractivity contribution < 1.29 is 24.5 Å². The van der Waals surface area contributed by atoms with Crippen molar-refractivity contribution in [3.8, 4) is 17.2 Å². The first-order valence-electron chi connectivity index (χ1n) is 8.91. The summed E-state index contributed by atoms with van der Waals surface area (Å²) >= 11 is 0. The van der Waals surface area contributed by atoms with Gasteiger partial charge in [-0.2, -0.15) is 0 Å². The van der Waals surface area contributed by atoms with Crippen molar-refractivity contribution in [2.24, 2.45) is 11.8 Å². The van der Waals surface area contributed by atoms with E-state index in [-0.39, 0.29) is 29.3 Å². The summed E-state index contributed by atoms with van der Waals surface area (Å²) in [5.74, 6) is 0.217. The second-order valence-electron chi connectivity index (χ2n) is 7.46.